The maximum atomic E-state index is 6.48. The predicted octanol–water partition coefficient (Wildman–Crippen LogP) is 12.1. The summed E-state index contributed by atoms with van der Waals surface area (Å²) in [6.07, 6.45) is 0. The van der Waals surface area contributed by atoms with Crippen LogP contribution in [0.15, 0.2) is 28.0 Å². The van der Waals surface area contributed by atoms with Gasteiger partial charge in [-0.25, -0.2) is 0 Å². The van der Waals surface area contributed by atoms with E-state index in [1.807, 2.05) is 0 Å². The van der Waals surface area contributed by atoms with Crippen molar-refractivity contribution in [2.45, 2.75) is 9.79 Å². The summed E-state index contributed by atoms with van der Waals surface area (Å²) < 4.78 is 0.708. The van der Waals surface area contributed by atoms with Crippen LogP contribution in [0.3, 0.4) is 0 Å². The van der Waals surface area contributed by atoms with Crippen LogP contribution in [0.1, 0.15) is 0 Å². The van der Waals surface area contributed by atoms with Crippen molar-refractivity contribution in [2.24, 2.45) is 0 Å². The molecule has 0 spiro atoms. The quantitative estimate of drug-likeness (QED) is 0.213. The first kappa shape index (κ1) is 24.1. The first-order valence-corrected chi connectivity index (χ1v) is 13.3. The van der Waals surface area contributed by atoms with Gasteiger partial charge in [0.05, 0.1) is 35.2 Å². The van der Waals surface area contributed by atoms with Crippen molar-refractivity contribution in [3.8, 4) is 11.1 Å². The molecule has 0 radical (unpaired) electrons. The van der Waals surface area contributed by atoms with Crippen molar-refractivity contribution in [3.05, 3.63) is 62.0 Å². The molecule has 0 amide bonds. The second kappa shape index (κ2) is 9.94. The zero-order valence-corrected chi connectivity index (χ0v) is 22.1. The number of benzene rings is 2. The Morgan fingerprint density at radius 3 is 1.75 bits per heavy atom. The SMILES string of the molecule is Clc1cc(Cl)c(SSc2c(Cl)cc(Cl)c(Cl)c2-c2c(Cl)sc(Cl)c2Cl)cc1Cl. The molecule has 148 valence electrons. The lowest BCUT2D eigenvalue weighted by Gasteiger charge is -2.15. The van der Waals surface area contributed by atoms with Crippen molar-refractivity contribution in [1.29, 1.82) is 0 Å². The Balaban J connectivity index is 2.12. The predicted molar refractivity (Wildman–Crippen MR) is 133 cm³/mol. The fourth-order valence-electron chi connectivity index (χ4n) is 2.11. The van der Waals surface area contributed by atoms with Crippen molar-refractivity contribution in [2.75, 3.05) is 0 Å². The standard InChI is InChI=1S/C16H3Cl9S3/c17-4-1-6(19)9(3-5(4)18)27-28-14-8(21)2-7(20)12(22)10(14)11-13(23)16(25)26-15(11)24/h1-3H. The molecular weight excluding hydrogens is 607 g/mol. The third kappa shape index (κ3) is 4.92. The third-order valence-corrected chi connectivity index (χ3v) is 10.4. The van der Waals surface area contributed by atoms with Crippen LogP contribution in [0, 0.1) is 0 Å². The number of rotatable bonds is 4. The molecule has 0 N–H and O–H groups in total. The van der Waals surface area contributed by atoms with Gasteiger partial charge in [0.2, 0.25) is 0 Å². The summed E-state index contributed by atoms with van der Waals surface area (Å²) in [7, 11) is 2.62. The van der Waals surface area contributed by atoms with Crippen molar-refractivity contribution < 1.29 is 0 Å². The molecule has 0 bridgehead atoms. The highest BCUT2D eigenvalue weighted by Crippen LogP contribution is 2.56. The maximum absolute atomic E-state index is 6.48. The molecule has 28 heavy (non-hydrogen) atoms. The summed E-state index contributed by atoms with van der Waals surface area (Å²) in [5, 5.41) is 2.35. The molecule has 0 saturated carbocycles. The van der Waals surface area contributed by atoms with Gasteiger partial charge in [-0.05, 0) is 18.2 Å². The Kier molecular flexibility index (Phi) is 8.55. The fourth-order valence-corrected chi connectivity index (χ4v) is 8.27. The summed E-state index contributed by atoms with van der Waals surface area (Å²) in [5.41, 5.74) is 0.960. The molecule has 0 fully saturated rings. The molecular formula is C16H3Cl9S3. The van der Waals surface area contributed by atoms with Gasteiger partial charge < -0.3 is 0 Å². The third-order valence-electron chi connectivity index (χ3n) is 3.33. The second-order valence-corrected chi connectivity index (χ2v) is 12.3. The van der Waals surface area contributed by atoms with E-state index in [1.165, 1.54) is 21.6 Å². The Bertz CT molecular complexity index is 1080. The monoisotopic (exact) mass is 606 g/mol. The van der Waals surface area contributed by atoms with E-state index < -0.39 is 0 Å². The normalized spacial score (nSPS) is 11.3. The summed E-state index contributed by atoms with van der Waals surface area (Å²) in [4.78, 5) is 1.29. The van der Waals surface area contributed by atoms with Crippen molar-refractivity contribution in [1.82, 2.24) is 0 Å². The van der Waals surface area contributed by atoms with Crippen molar-refractivity contribution in [3.63, 3.8) is 0 Å². The van der Waals surface area contributed by atoms with Gasteiger partial charge in [-0.15, -0.1) is 11.3 Å². The van der Waals surface area contributed by atoms with Crippen LogP contribution in [0.2, 0.25) is 43.8 Å². The van der Waals surface area contributed by atoms with Gasteiger partial charge in [-0.1, -0.05) is 126 Å². The molecule has 0 unspecified atom stereocenters. The van der Waals surface area contributed by atoms with E-state index >= 15 is 0 Å². The number of hydrogen-bond donors (Lipinski definition) is 0. The van der Waals surface area contributed by atoms with E-state index in [0.29, 0.717) is 49.7 Å². The van der Waals surface area contributed by atoms with Gasteiger partial charge in [0.1, 0.15) is 8.67 Å². The second-order valence-electron chi connectivity index (χ2n) is 5.06. The van der Waals surface area contributed by atoms with Gasteiger partial charge in [-0.2, -0.15) is 0 Å². The van der Waals surface area contributed by atoms with Crippen LogP contribution in [-0.2, 0) is 0 Å². The Morgan fingerprint density at radius 2 is 1.14 bits per heavy atom. The number of hydrogen-bond acceptors (Lipinski definition) is 3. The Hall–Kier alpha value is 1.45. The van der Waals surface area contributed by atoms with Gasteiger partial charge in [0.15, 0.2) is 0 Å². The lowest BCUT2D eigenvalue weighted by atomic mass is 10.1. The van der Waals surface area contributed by atoms with Crippen LogP contribution in [0.4, 0.5) is 0 Å². The highest BCUT2D eigenvalue weighted by Gasteiger charge is 2.25. The zero-order valence-electron chi connectivity index (χ0n) is 12.9. The molecule has 1 heterocycles. The van der Waals surface area contributed by atoms with Gasteiger partial charge in [-0.3, -0.25) is 0 Å². The van der Waals surface area contributed by atoms with Crippen LogP contribution < -0.4 is 0 Å². The topological polar surface area (TPSA) is 0 Å². The minimum Gasteiger partial charge on any atom is -0.109 e. The molecule has 2 aromatic carbocycles. The zero-order chi connectivity index (χ0) is 20.7. The van der Waals surface area contributed by atoms with Crippen LogP contribution >= 0.6 is 137 Å². The first-order valence-electron chi connectivity index (χ1n) is 6.92. The lowest BCUT2D eigenvalue weighted by Crippen LogP contribution is -1.87. The van der Waals surface area contributed by atoms with Gasteiger partial charge in [0, 0.05) is 20.9 Å². The maximum Gasteiger partial charge on any atom is 0.114 e. The number of halogens is 9. The molecule has 0 aliphatic rings. The van der Waals surface area contributed by atoms with E-state index in [4.69, 9.17) is 104 Å². The molecule has 3 aromatic rings. The Morgan fingerprint density at radius 1 is 0.536 bits per heavy atom. The average Bonchev–Trinajstić information content (AvgIpc) is 2.86. The highest BCUT2D eigenvalue weighted by atomic mass is 35.5. The summed E-state index contributed by atoms with van der Waals surface area (Å²) in [5.74, 6) is 0. The smallest absolute Gasteiger partial charge is 0.109 e. The van der Waals surface area contributed by atoms with E-state index in [0.717, 1.165) is 11.3 Å². The summed E-state index contributed by atoms with van der Waals surface area (Å²) in [6.45, 7) is 0. The largest absolute Gasteiger partial charge is 0.114 e. The minimum atomic E-state index is 0.257. The first-order chi connectivity index (χ1) is 13.1. The molecule has 0 atom stereocenters. The van der Waals surface area contributed by atoms with E-state index in [1.54, 1.807) is 18.2 Å². The number of thiophene rings is 1. The fraction of sp³-hybridized carbons (Fsp3) is 0. The van der Waals surface area contributed by atoms with Gasteiger partial charge in [0.25, 0.3) is 0 Å². The van der Waals surface area contributed by atoms with E-state index in [-0.39, 0.29) is 15.1 Å². The molecule has 0 nitrogen and oxygen atoms in total. The van der Waals surface area contributed by atoms with E-state index in [9.17, 15) is 0 Å². The molecule has 3 rings (SSSR count). The molecule has 0 aliphatic carbocycles. The molecule has 12 heteroatoms. The average molecular weight is 610 g/mol. The lowest BCUT2D eigenvalue weighted by molar-refractivity contribution is 1.46. The van der Waals surface area contributed by atoms with Crippen LogP contribution in [0.5, 0.6) is 0 Å². The Labute approximate surface area is 218 Å². The van der Waals surface area contributed by atoms with E-state index in [2.05, 4.69) is 0 Å². The van der Waals surface area contributed by atoms with Crippen molar-refractivity contribution >= 4 is 137 Å². The molecule has 1 aromatic heterocycles. The highest BCUT2D eigenvalue weighted by molar-refractivity contribution is 8.76. The van der Waals surface area contributed by atoms with Crippen LogP contribution in [-0.4, -0.2) is 0 Å². The molecule has 0 aliphatic heterocycles. The summed E-state index contributed by atoms with van der Waals surface area (Å²) >= 11 is 57.5. The minimum absolute atomic E-state index is 0.257. The van der Waals surface area contributed by atoms with Crippen LogP contribution in [0.25, 0.3) is 11.1 Å². The molecule has 0 saturated heterocycles. The van der Waals surface area contributed by atoms with Gasteiger partial charge >= 0.3 is 0 Å². The summed E-state index contributed by atoms with van der Waals surface area (Å²) in [6, 6.07) is 4.78.